The second-order valence-electron chi connectivity index (χ2n) is 8.23. The predicted molar refractivity (Wildman–Crippen MR) is 101 cm³/mol. The topological polar surface area (TPSA) is 111 Å². The van der Waals surface area contributed by atoms with Crippen LogP contribution in [0.15, 0.2) is 23.3 Å². The molecule has 0 amide bonds. The average molecular weight is 466 g/mol. The molecular weight excluding hydrogens is 451 g/mol. The van der Waals surface area contributed by atoms with Gasteiger partial charge in [-0.3, -0.25) is 25.7 Å². The molecule has 0 aromatic heterocycles. The van der Waals surface area contributed by atoms with Gasteiger partial charge in [0.1, 0.15) is 5.69 Å². The molecule has 6 fully saturated rings. The molecule has 6 saturated carbocycles. The zero-order valence-corrected chi connectivity index (χ0v) is 15.6. The molecule has 1 aromatic carbocycles. The highest BCUT2D eigenvalue weighted by molar-refractivity contribution is 14.1. The van der Waals surface area contributed by atoms with Gasteiger partial charge in [-0.2, -0.15) is 5.10 Å². The van der Waals surface area contributed by atoms with Crippen molar-refractivity contribution >= 4 is 45.4 Å². The van der Waals surface area contributed by atoms with Crippen LogP contribution >= 0.6 is 22.6 Å². The Bertz CT molecular complexity index is 918. The van der Waals surface area contributed by atoms with Crippen LogP contribution in [0.4, 0.5) is 17.1 Å². The van der Waals surface area contributed by atoms with E-state index in [1.807, 2.05) is 0 Å². The molecule has 1 N–H and O–H groups in total. The number of hydrogen-bond acceptors (Lipinski definition) is 6. The number of nitrogens with one attached hydrogen (secondary N) is 1. The van der Waals surface area contributed by atoms with Gasteiger partial charge in [0.2, 0.25) is 0 Å². The van der Waals surface area contributed by atoms with E-state index >= 15 is 0 Å². The van der Waals surface area contributed by atoms with E-state index in [-0.39, 0.29) is 17.1 Å². The van der Waals surface area contributed by atoms with Crippen molar-refractivity contribution in [1.82, 2.24) is 0 Å². The number of halogens is 1. The number of non-ortho nitro benzene ring substituents is 1. The van der Waals surface area contributed by atoms with Gasteiger partial charge in [0.25, 0.3) is 5.69 Å². The van der Waals surface area contributed by atoms with Gasteiger partial charge in [-0.05, 0) is 48.0 Å². The summed E-state index contributed by atoms with van der Waals surface area (Å²) in [5.74, 6) is 5.89. The number of nitro groups is 2. The third kappa shape index (κ3) is 1.55. The third-order valence-corrected chi connectivity index (χ3v) is 9.40. The minimum atomic E-state index is -0.626. The van der Waals surface area contributed by atoms with Crippen LogP contribution in [0.25, 0.3) is 0 Å². The van der Waals surface area contributed by atoms with Gasteiger partial charge >= 0.3 is 5.69 Å². The molecule has 6 aliphatic rings. The molecule has 9 atom stereocenters. The molecule has 8 nitrogen and oxygen atoms in total. The van der Waals surface area contributed by atoms with E-state index in [0.717, 1.165) is 45.5 Å². The summed E-state index contributed by atoms with van der Waals surface area (Å²) >= 11 is 2.65. The van der Waals surface area contributed by atoms with Gasteiger partial charge in [-0.1, -0.05) is 22.6 Å². The van der Waals surface area contributed by atoms with E-state index in [0.29, 0.717) is 11.8 Å². The third-order valence-electron chi connectivity index (χ3n) is 7.73. The molecule has 6 bridgehead atoms. The van der Waals surface area contributed by atoms with Crippen LogP contribution in [0.1, 0.15) is 6.42 Å². The second-order valence-corrected chi connectivity index (χ2v) is 9.67. The fraction of sp³-hybridized carbons (Fsp3) is 0.588. The van der Waals surface area contributed by atoms with Crippen molar-refractivity contribution in [2.45, 2.75) is 10.3 Å². The van der Waals surface area contributed by atoms with Gasteiger partial charge in [-0.15, -0.1) is 0 Å². The molecule has 0 saturated heterocycles. The Morgan fingerprint density at radius 2 is 1.81 bits per heavy atom. The lowest BCUT2D eigenvalue weighted by Gasteiger charge is -2.32. The summed E-state index contributed by atoms with van der Waals surface area (Å²) in [5, 5.41) is 26.8. The molecular formula is C17H15IN4O4. The van der Waals surface area contributed by atoms with Gasteiger partial charge in [-0.25, -0.2) is 0 Å². The van der Waals surface area contributed by atoms with Crippen molar-refractivity contribution in [3.05, 3.63) is 38.4 Å². The molecule has 7 rings (SSSR count). The fourth-order valence-electron chi connectivity index (χ4n) is 7.38. The van der Waals surface area contributed by atoms with E-state index in [2.05, 4.69) is 33.1 Å². The summed E-state index contributed by atoms with van der Waals surface area (Å²) < 4.78 is 0.758. The van der Waals surface area contributed by atoms with Crippen molar-refractivity contribution in [1.29, 1.82) is 0 Å². The first kappa shape index (κ1) is 15.3. The lowest BCUT2D eigenvalue weighted by molar-refractivity contribution is -0.393. The number of benzene rings is 1. The van der Waals surface area contributed by atoms with Crippen LogP contribution in [0.3, 0.4) is 0 Å². The lowest BCUT2D eigenvalue weighted by atomic mass is 9.71. The van der Waals surface area contributed by atoms with Gasteiger partial charge < -0.3 is 0 Å². The SMILES string of the molecule is O=[N+]([O-])c1ccc(N/N=C2/[C@H]3[C@H]4C[C@H]5[C@H]3[C@@H]3[C@@H](I)[C@@H]5[C@@H]4[C@@H]23)c([N+](=O)[O-])c1. The van der Waals surface area contributed by atoms with E-state index < -0.39 is 9.85 Å². The minimum Gasteiger partial charge on any atom is -0.272 e. The van der Waals surface area contributed by atoms with Crippen molar-refractivity contribution in [3.63, 3.8) is 0 Å². The summed E-state index contributed by atoms with van der Waals surface area (Å²) in [5.41, 5.74) is 3.72. The van der Waals surface area contributed by atoms with E-state index in [4.69, 9.17) is 0 Å². The maximum Gasteiger partial charge on any atom is 0.301 e. The molecule has 0 aliphatic heterocycles. The number of nitrogens with zero attached hydrogens (tertiary/aromatic N) is 3. The smallest absolute Gasteiger partial charge is 0.272 e. The minimum absolute atomic E-state index is 0.220. The van der Waals surface area contributed by atoms with Crippen molar-refractivity contribution in [2.75, 3.05) is 5.43 Å². The first-order valence-corrected chi connectivity index (χ1v) is 10.1. The summed E-state index contributed by atoms with van der Waals surface area (Å²) in [6, 6.07) is 3.65. The monoisotopic (exact) mass is 466 g/mol. The van der Waals surface area contributed by atoms with Crippen molar-refractivity contribution in [3.8, 4) is 0 Å². The molecule has 26 heavy (non-hydrogen) atoms. The Morgan fingerprint density at radius 3 is 2.50 bits per heavy atom. The largest absolute Gasteiger partial charge is 0.301 e. The summed E-state index contributed by atoms with van der Waals surface area (Å²) in [7, 11) is 0. The summed E-state index contributed by atoms with van der Waals surface area (Å²) in [4.78, 5) is 20.9. The quantitative estimate of drug-likeness (QED) is 0.316. The van der Waals surface area contributed by atoms with E-state index in [9.17, 15) is 20.2 Å². The van der Waals surface area contributed by atoms with E-state index in [1.165, 1.54) is 24.3 Å². The number of hydrogen-bond donors (Lipinski definition) is 1. The normalized spacial score (nSPS) is 46.8. The van der Waals surface area contributed by atoms with Crippen molar-refractivity contribution < 1.29 is 9.85 Å². The zero-order valence-electron chi connectivity index (χ0n) is 13.5. The first-order chi connectivity index (χ1) is 12.5. The predicted octanol–water partition coefficient (Wildman–Crippen LogP) is 3.46. The van der Waals surface area contributed by atoms with Crippen molar-refractivity contribution in [2.24, 2.45) is 52.4 Å². The molecule has 1 aromatic rings. The van der Waals surface area contributed by atoms with Crippen LogP contribution < -0.4 is 5.43 Å². The highest BCUT2D eigenvalue weighted by Gasteiger charge is 2.82. The van der Waals surface area contributed by atoms with Gasteiger partial charge in [0, 0.05) is 27.5 Å². The van der Waals surface area contributed by atoms with Crippen LogP contribution in [0.5, 0.6) is 0 Å². The Labute approximate surface area is 161 Å². The summed E-state index contributed by atoms with van der Waals surface area (Å²) in [6.07, 6.45) is 1.34. The highest BCUT2D eigenvalue weighted by atomic mass is 127. The second kappa shape index (κ2) is 4.73. The van der Waals surface area contributed by atoms with Crippen LogP contribution in [-0.2, 0) is 0 Å². The molecule has 6 aliphatic carbocycles. The Morgan fingerprint density at radius 1 is 1.04 bits per heavy atom. The molecule has 0 spiro atoms. The average Bonchev–Trinajstić information content (AvgIpc) is 3.35. The highest BCUT2D eigenvalue weighted by Crippen LogP contribution is 2.82. The molecule has 0 unspecified atom stereocenters. The standard InChI is InChI=1S/C17H15IN4O4/c18-16-12-6-4-7-10(12)15-14(16)11(6)13(7)17(15)20-19-8-2-1-5(21(23)24)3-9(8)22(25)26/h1-3,6-7,10-16,19H,4H2/b20-17-/t6-,7-,10+,11+,12-,13-,14-,15+,16-/m0/s1. The Hall–Kier alpha value is -1.78. The number of anilines is 1. The van der Waals surface area contributed by atoms with Gasteiger partial charge in [0.15, 0.2) is 0 Å². The van der Waals surface area contributed by atoms with Crippen LogP contribution in [0.2, 0.25) is 0 Å². The van der Waals surface area contributed by atoms with Gasteiger partial charge in [0.05, 0.1) is 15.9 Å². The number of hydrazone groups is 1. The summed E-state index contributed by atoms with van der Waals surface area (Å²) in [6.45, 7) is 0. The number of nitro benzene ring substituents is 2. The Kier molecular flexibility index (Phi) is 2.78. The Balaban J connectivity index is 1.35. The fourth-order valence-corrected chi connectivity index (χ4v) is 9.32. The molecule has 9 heteroatoms. The van der Waals surface area contributed by atoms with Crippen LogP contribution in [0, 0.1) is 67.6 Å². The first-order valence-electron chi connectivity index (χ1n) is 8.89. The lowest BCUT2D eigenvalue weighted by Crippen LogP contribution is -2.30. The zero-order chi connectivity index (χ0) is 17.9. The molecule has 134 valence electrons. The van der Waals surface area contributed by atoms with Crippen LogP contribution in [-0.4, -0.2) is 19.5 Å². The molecule has 0 radical (unpaired) electrons. The molecule has 0 heterocycles. The maximum absolute atomic E-state index is 11.3. The number of alkyl halides is 1. The maximum atomic E-state index is 11.3. The number of rotatable bonds is 4. The van der Waals surface area contributed by atoms with E-state index in [1.54, 1.807) is 0 Å².